The summed E-state index contributed by atoms with van der Waals surface area (Å²) in [5.41, 5.74) is 3.01. The van der Waals surface area contributed by atoms with Crippen molar-refractivity contribution in [3.8, 4) is 5.75 Å². The average molecular weight is 396 g/mol. The molecule has 27 heavy (non-hydrogen) atoms. The van der Waals surface area contributed by atoms with Crippen LogP contribution in [0.1, 0.15) is 24.0 Å². The number of carbonyl (C=O) groups excluding carboxylic acids is 1. The van der Waals surface area contributed by atoms with Crippen molar-refractivity contribution in [1.82, 2.24) is 4.90 Å². The van der Waals surface area contributed by atoms with Crippen LogP contribution in [0.2, 0.25) is 0 Å². The lowest BCUT2D eigenvalue weighted by Gasteiger charge is -2.19. The molecule has 1 heterocycles. The van der Waals surface area contributed by atoms with Crippen molar-refractivity contribution in [3.63, 3.8) is 0 Å². The minimum Gasteiger partial charge on any atom is -0.484 e. The van der Waals surface area contributed by atoms with Gasteiger partial charge in [0.25, 0.3) is 5.91 Å². The number of carbonyl (C=O) groups is 1. The summed E-state index contributed by atoms with van der Waals surface area (Å²) in [6.45, 7) is 0.286. The summed E-state index contributed by atoms with van der Waals surface area (Å²) in [7, 11) is 0. The number of fused-ring (bicyclic) bond motifs is 1. The van der Waals surface area contributed by atoms with Crippen LogP contribution in [-0.2, 0) is 17.1 Å². The topological polar surface area (TPSA) is 55.6 Å². The van der Waals surface area contributed by atoms with Crippen molar-refractivity contribution in [2.75, 3.05) is 19.7 Å². The van der Waals surface area contributed by atoms with E-state index in [1.165, 1.54) is 4.90 Å². The van der Waals surface area contributed by atoms with Crippen LogP contribution >= 0.6 is 0 Å². The number of likely N-dealkylation sites (tertiary alicyclic amines) is 1. The van der Waals surface area contributed by atoms with Gasteiger partial charge in [-0.2, -0.15) is 26.3 Å². The number of nitrogens with two attached hydrogens (primary N) is 1. The number of ether oxygens (including phenoxy) is 1. The predicted molar refractivity (Wildman–Crippen MR) is 82.7 cm³/mol. The Balaban J connectivity index is 1.69. The van der Waals surface area contributed by atoms with Gasteiger partial charge in [0.05, 0.1) is 11.1 Å². The number of nitrogens with zero attached hydrogens (tertiary/aromatic N) is 1. The van der Waals surface area contributed by atoms with Gasteiger partial charge in [0.2, 0.25) is 0 Å². The van der Waals surface area contributed by atoms with Gasteiger partial charge in [0.1, 0.15) is 5.75 Å². The second-order valence-electron chi connectivity index (χ2n) is 6.99. The fraction of sp³-hybridized carbons (Fsp3) is 0.588. The monoisotopic (exact) mass is 396 g/mol. The van der Waals surface area contributed by atoms with Crippen molar-refractivity contribution in [2.45, 2.75) is 31.2 Å². The summed E-state index contributed by atoms with van der Waals surface area (Å²) in [5, 5.41) is 0. The van der Waals surface area contributed by atoms with Crippen LogP contribution in [0.15, 0.2) is 18.2 Å². The molecule has 1 aromatic carbocycles. The summed E-state index contributed by atoms with van der Waals surface area (Å²) in [6.07, 6.45) is -8.14. The number of alkyl halides is 6. The second-order valence-corrected chi connectivity index (χ2v) is 6.99. The molecule has 1 aliphatic carbocycles. The fourth-order valence-corrected chi connectivity index (χ4v) is 3.76. The minimum absolute atomic E-state index is 0.00605. The van der Waals surface area contributed by atoms with Gasteiger partial charge in [-0.3, -0.25) is 4.79 Å². The summed E-state index contributed by atoms with van der Waals surface area (Å²) in [5.74, 6) is -0.669. The molecule has 0 bridgehead atoms. The maximum absolute atomic E-state index is 12.8. The first-order chi connectivity index (χ1) is 12.4. The average Bonchev–Trinajstić information content (AvgIpc) is 3.13. The highest BCUT2D eigenvalue weighted by atomic mass is 19.4. The molecule has 3 unspecified atom stereocenters. The van der Waals surface area contributed by atoms with Crippen LogP contribution in [-0.4, -0.2) is 36.5 Å². The van der Waals surface area contributed by atoms with Crippen LogP contribution in [0.4, 0.5) is 26.3 Å². The van der Waals surface area contributed by atoms with Crippen molar-refractivity contribution < 1.29 is 35.9 Å². The van der Waals surface area contributed by atoms with Gasteiger partial charge in [-0.15, -0.1) is 0 Å². The first-order valence-electron chi connectivity index (χ1n) is 8.41. The van der Waals surface area contributed by atoms with Gasteiger partial charge in [-0.25, -0.2) is 0 Å². The molecule has 2 fully saturated rings. The summed E-state index contributed by atoms with van der Waals surface area (Å²) in [4.78, 5) is 13.7. The molecule has 3 atom stereocenters. The zero-order valence-electron chi connectivity index (χ0n) is 14.1. The molecule has 0 radical (unpaired) electrons. The Hall–Kier alpha value is -1.97. The maximum Gasteiger partial charge on any atom is 0.416 e. The van der Waals surface area contributed by atoms with E-state index in [4.69, 9.17) is 10.5 Å². The molecule has 4 nitrogen and oxygen atoms in total. The number of benzene rings is 1. The fourth-order valence-electron chi connectivity index (χ4n) is 3.76. The smallest absolute Gasteiger partial charge is 0.416 e. The Morgan fingerprint density at radius 2 is 1.63 bits per heavy atom. The van der Waals surface area contributed by atoms with Crippen LogP contribution in [0, 0.1) is 11.8 Å². The van der Waals surface area contributed by atoms with E-state index in [2.05, 4.69) is 0 Å². The van der Waals surface area contributed by atoms with Crippen molar-refractivity contribution in [1.29, 1.82) is 0 Å². The lowest BCUT2D eigenvalue weighted by Crippen LogP contribution is -2.36. The highest BCUT2D eigenvalue weighted by molar-refractivity contribution is 5.78. The third-order valence-corrected chi connectivity index (χ3v) is 5.19. The van der Waals surface area contributed by atoms with E-state index in [1.54, 1.807) is 0 Å². The summed E-state index contributed by atoms with van der Waals surface area (Å²) in [6, 6.07) is 0.929. The van der Waals surface area contributed by atoms with E-state index in [9.17, 15) is 31.1 Å². The van der Waals surface area contributed by atoms with Crippen LogP contribution in [0.25, 0.3) is 0 Å². The molecule has 0 aromatic heterocycles. The second kappa shape index (κ2) is 6.88. The first kappa shape index (κ1) is 19.8. The van der Waals surface area contributed by atoms with Crippen molar-refractivity contribution in [3.05, 3.63) is 29.3 Å². The van der Waals surface area contributed by atoms with Gasteiger partial charge in [0.15, 0.2) is 6.61 Å². The van der Waals surface area contributed by atoms with E-state index in [-0.39, 0.29) is 23.9 Å². The Labute approximate surface area is 151 Å². The number of halogens is 6. The van der Waals surface area contributed by atoms with E-state index in [0.29, 0.717) is 25.2 Å². The van der Waals surface area contributed by atoms with Crippen LogP contribution in [0.5, 0.6) is 5.75 Å². The highest BCUT2D eigenvalue weighted by Gasteiger charge is 2.42. The molecule has 150 valence electrons. The maximum atomic E-state index is 12.8. The molecule has 1 saturated heterocycles. The van der Waals surface area contributed by atoms with E-state index < -0.39 is 41.7 Å². The molecule has 1 saturated carbocycles. The van der Waals surface area contributed by atoms with Gasteiger partial charge in [0, 0.05) is 19.1 Å². The zero-order valence-corrected chi connectivity index (χ0v) is 14.1. The molecule has 2 aliphatic rings. The van der Waals surface area contributed by atoms with E-state index in [0.717, 1.165) is 12.8 Å². The molecule has 1 amide bonds. The van der Waals surface area contributed by atoms with E-state index >= 15 is 0 Å². The molecule has 3 rings (SSSR count). The molecular formula is C17H18F6N2O2. The van der Waals surface area contributed by atoms with E-state index in [1.807, 2.05) is 0 Å². The predicted octanol–water partition coefficient (Wildman–Crippen LogP) is 3.30. The molecule has 1 aliphatic heterocycles. The van der Waals surface area contributed by atoms with Crippen molar-refractivity contribution >= 4 is 5.91 Å². The van der Waals surface area contributed by atoms with Gasteiger partial charge in [-0.1, -0.05) is 0 Å². The summed E-state index contributed by atoms with van der Waals surface area (Å²) < 4.78 is 82.0. The number of hydrogen-bond acceptors (Lipinski definition) is 3. The third-order valence-electron chi connectivity index (χ3n) is 5.19. The minimum atomic E-state index is -4.97. The number of hydrogen-bond donors (Lipinski definition) is 1. The Bertz CT molecular complexity index is 686. The lowest BCUT2D eigenvalue weighted by atomic mass is 9.98. The number of rotatable bonds is 3. The molecule has 1 aromatic rings. The third kappa shape index (κ3) is 4.31. The van der Waals surface area contributed by atoms with Crippen molar-refractivity contribution in [2.24, 2.45) is 17.6 Å². The van der Waals surface area contributed by atoms with Gasteiger partial charge in [-0.05, 0) is 42.9 Å². The largest absolute Gasteiger partial charge is 0.484 e. The van der Waals surface area contributed by atoms with Gasteiger partial charge >= 0.3 is 12.4 Å². The highest BCUT2D eigenvalue weighted by Crippen LogP contribution is 2.39. The standard InChI is InChI=1S/C17H18F6N2O2/c18-16(19,20)10-3-11(17(21,22)23)5-12(4-10)27-8-15(26)25-6-9-1-2-14(24)13(9)7-25/h3-5,9,13-14H,1-2,6-8,24H2. The van der Waals surface area contributed by atoms with Crippen LogP contribution in [0.3, 0.4) is 0 Å². The Kier molecular flexibility index (Phi) is 5.04. The SMILES string of the molecule is NC1CCC2CN(C(=O)COc3cc(C(F)(F)F)cc(C(F)(F)F)c3)CC12. The molecule has 2 N–H and O–H groups in total. The first-order valence-corrected chi connectivity index (χ1v) is 8.41. The normalized spacial score (nSPS) is 25.6. The zero-order chi connectivity index (χ0) is 20.0. The van der Waals surface area contributed by atoms with Crippen LogP contribution < -0.4 is 10.5 Å². The lowest BCUT2D eigenvalue weighted by molar-refractivity contribution is -0.143. The quantitative estimate of drug-likeness (QED) is 0.798. The number of amides is 1. The Morgan fingerprint density at radius 1 is 1.04 bits per heavy atom. The summed E-state index contributed by atoms with van der Waals surface area (Å²) >= 11 is 0. The molecule has 0 spiro atoms. The van der Waals surface area contributed by atoms with Gasteiger partial charge < -0.3 is 15.4 Å². The molecular weight excluding hydrogens is 378 g/mol. The Morgan fingerprint density at radius 3 is 2.15 bits per heavy atom. The molecule has 10 heteroatoms.